The number of hydrogen-bond donors (Lipinski definition) is 1. The van der Waals surface area contributed by atoms with Crippen molar-refractivity contribution >= 4 is 44.8 Å². The first kappa shape index (κ1) is 27.5. The fraction of sp³-hybridized carbons (Fsp3) is 0.286. The minimum Gasteiger partial charge on any atom is -0.336 e. The summed E-state index contributed by atoms with van der Waals surface area (Å²) in [6.07, 6.45) is 0.635. The summed E-state index contributed by atoms with van der Waals surface area (Å²) < 4.78 is 29.5. The van der Waals surface area contributed by atoms with E-state index in [4.69, 9.17) is 37.5 Å². The maximum absolute atomic E-state index is 12.1. The van der Waals surface area contributed by atoms with Gasteiger partial charge in [-0.15, -0.1) is 4.28 Å². The highest BCUT2D eigenvalue weighted by Crippen LogP contribution is 2.43. The number of aromatic nitrogens is 3. The van der Waals surface area contributed by atoms with Gasteiger partial charge in [0.25, 0.3) is 10.1 Å². The second-order valence-corrected chi connectivity index (χ2v) is 13.1. The number of nitrogens with one attached hydrogen (secondary N) is 1. The smallest absolute Gasteiger partial charge is 0.285 e. The highest BCUT2D eigenvalue weighted by atomic mass is 35.5. The molecule has 0 saturated heterocycles. The summed E-state index contributed by atoms with van der Waals surface area (Å²) >= 11 is 13.0. The van der Waals surface area contributed by atoms with Crippen LogP contribution < -0.4 is 9.96 Å². The zero-order chi connectivity index (χ0) is 28.1. The highest BCUT2D eigenvalue weighted by molar-refractivity contribution is 7.86. The summed E-state index contributed by atoms with van der Waals surface area (Å²) in [5.41, 5.74) is 3.95. The number of fused-ring (bicyclic) bond motifs is 1. The Balaban J connectivity index is 1.69. The van der Waals surface area contributed by atoms with Crippen molar-refractivity contribution in [2.45, 2.75) is 33.9 Å². The number of halogens is 2. The molecular formula is C28H29Cl2N5O3S. The van der Waals surface area contributed by atoms with Crippen LogP contribution in [-0.4, -0.2) is 42.3 Å². The molecule has 1 N–H and O–H groups in total. The van der Waals surface area contributed by atoms with Crippen LogP contribution in [0.1, 0.15) is 27.7 Å². The van der Waals surface area contributed by atoms with E-state index in [1.807, 2.05) is 49.4 Å². The van der Waals surface area contributed by atoms with E-state index < -0.39 is 16.3 Å². The fourth-order valence-electron chi connectivity index (χ4n) is 4.64. The second-order valence-electron chi connectivity index (χ2n) is 10.7. The van der Waals surface area contributed by atoms with Crippen molar-refractivity contribution in [2.24, 2.45) is 5.41 Å². The first-order chi connectivity index (χ1) is 18.3. The normalized spacial score (nSPS) is 15.6. The predicted octanol–water partition coefficient (Wildman–Crippen LogP) is 7.02. The Bertz CT molecular complexity index is 1610. The third kappa shape index (κ3) is 5.63. The van der Waals surface area contributed by atoms with E-state index in [0.717, 1.165) is 11.8 Å². The molecule has 2 aromatic carbocycles. The van der Waals surface area contributed by atoms with Gasteiger partial charge in [-0.1, -0.05) is 80.4 Å². The van der Waals surface area contributed by atoms with E-state index in [1.54, 1.807) is 18.2 Å². The Kier molecular flexibility index (Phi) is 7.13. The summed E-state index contributed by atoms with van der Waals surface area (Å²) in [4.78, 5) is 15.4. The van der Waals surface area contributed by atoms with Gasteiger partial charge in [0.05, 0.1) is 38.9 Å². The highest BCUT2D eigenvalue weighted by Gasteiger charge is 2.39. The molecule has 0 spiro atoms. The topological polar surface area (TPSA) is 91.4 Å². The Morgan fingerprint density at radius 2 is 1.64 bits per heavy atom. The van der Waals surface area contributed by atoms with Gasteiger partial charge in [0.15, 0.2) is 5.82 Å². The Labute approximate surface area is 238 Å². The Hall–Kier alpha value is -3.11. The number of pyridine rings is 1. The average molecular weight is 587 g/mol. The van der Waals surface area contributed by atoms with Crippen molar-refractivity contribution in [3.8, 4) is 34.0 Å². The molecule has 0 amide bonds. The number of hydroxylamine groups is 1. The lowest BCUT2D eigenvalue weighted by Gasteiger charge is -2.32. The molecule has 204 valence electrons. The lowest BCUT2D eigenvalue weighted by molar-refractivity contribution is 0.254. The van der Waals surface area contributed by atoms with Gasteiger partial charge in [0.1, 0.15) is 17.7 Å². The zero-order valence-electron chi connectivity index (χ0n) is 22.2. The molecule has 1 aliphatic rings. The molecule has 0 radical (unpaired) electrons. The monoisotopic (exact) mass is 585 g/mol. The molecule has 8 nitrogen and oxygen atoms in total. The number of rotatable bonds is 6. The predicted molar refractivity (Wildman–Crippen MR) is 157 cm³/mol. The number of aromatic amines is 1. The molecule has 0 aliphatic carbocycles. The van der Waals surface area contributed by atoms with Gasteiger partial charge in [-0.25, -0.2) is 15.0 Å². The van der Waals surface area contributed by atoms with Crippen molar-refractivity contribution < 1.29 is 12.7 Å². The van der Waals surface area contributed by atoms with Crippen LogP contribution in [0.5, 0.6) is 0 Å². The van der Waals surface area contributed by atoms with Crippen LogP contribution in [0.4, 0.5) is 11.5 Å². The minimum atomic E-state index is -3.76. The Morgan fingerprint density at radius 3 is 2.26 bits per heavy atom. The van der Waals surface area contributed by atoms with Gasteiger partial charge in [0, 0.05) is 12.1 Å². The summed E-state index contributed by atoms with van der Waals surface area (Å²) in [5.74, 6) is 1.13. The molecular weight excluding hydrogens is 557 g/mol. The van der Waals surface area contributed by atoms with Crippen molar-refractivity contribution in [3.05, 3.63) is 70.7 Å². The van der Waals surface area contributed by atoms with E-state index in [-0.39, 0.29) is 5.41 Å². The molecule has 0 fully saturated rings. The molecule has 2 aromatic heterocycles. The lowest BCUT2D eigenvalue weighted by Crippen LogP contribution is -2.45. The molecule has 1 aliphatic heterocycles. The summed E-state index contributed by atoms with van der Waals surface area (Å²) in [6.45, 7) is 8.86. The minimum absolute atomic E-state index is 0.0958. The molecule has 0 bridgehead atoms. The Morgan fingerprint density at radius 1 is 0.974 bits per heavy atom. The van der Waals surface area contributed by atoms with Gasteiger partial charge in [-0.2, -0.15) is 8.42 Å². The van der Waals surface area contributed by atoms with Crippen LogP contribution in [0.15, 0.2) is 60.7 Å². The summed E-state index contributed by atoms with van der Waals surface area (Å²) in [6, 6.07) is 18.7. The van der Waals surface area contributed by atoms with E-state index >= 15 is 0 Å². The van der Waals surface area contributed by atoms with Crippen LogP contribution >= 0.6 is 23.2 Å². The van der Waals surface area contributed by atoms with Gasteiger partial charge in [-0.05, 0) is 36.6 Å². The van der Waals surface area contributed by atoms with E-state index in [1.165, 1.54) is 5.06 Å². The average Bonchev–Trinajstić information content (AvgIpc) is 3.38. The van der Waals surface area contributed by atoms with Crippen molar-refractivity contribution in [2.75, 3.05) is 22.8 Å². The number of anilines is 2. The van der Waals surface area contributed by atoms with Gasteiger partial charge in [0.2, 0.25) is 0 Å². The molecule has 4 aromatic rings. The van der Waals surface area contributed by atoms with E-state index in [9.17, 15) is 8.42 Å². The number of imidazole rings is 1. The van der Waals surface area contributed by atoms with Crippen molar-refractivity contribution in [1.82, 2.24) is 15.0 Å². The maximum Gasteiger partial charge on any atom is 0.285 e. The summed E-state index contributed by atoms with van der Waals surface area (Å²) in [5, 5.41) is 2.35. The number of benzene rings is 2. The standard InChI is InChI=1S/C28H29Cl2N5O3S/c1-17-34(16-28(2,3)4)27-22(35(17)38-39(5,36)37)15-14-21(31-27)25-24(18-10-7-6-8-11-18)32-26(33-25)23-19(29)12-9-13-20(23)30/h6-15,17H,16H2,1-5H3,(H,32,33). The SMILES string of the molecule is CC1N(CC(C)(C)C)c2nc(-c3[nH]c(-c4c(Cl)cccc4Cl)nc3-c3ccccc3)ccc2N1OS(C)(=O)=O. The number of hydrogen-bond acceptors (Lipinski definition) is 7. The zero-order valence-corrected chi connectivity index (χ0v) is 24.6. The fourth-order valence-corrected chi connectivity index (χ4v) is 5.71. The molecule has 3 heterocycles. The number of nitrogens with zero attached hydrogens (tertiary/aromatic N) is 4. The van der Waals surface area contributed by atoms with Crippen LogP contribution in [0, 0.1) is 5.41 Å². The molecule has 1 unspecified atom stereocenters. The van der Waals surface area contributed by atoms with Crippen molar-refractivity contribution in [3.63, 3.8) is 0 Å². The van der Waals surface area contributed by atoms with Gasteiger partial charge >= 0.3 is 0 Å². The molecule has 5 rings (SSSR count). The van der Waals surface area contributed by atoms with E-state index in [2.05, 4.69) is 30.7 Å². The quantitative estimate of drug-likeness (QED) is 0.260. The maximum atomic E-state index is 12.1. The third-order valence-electron chi connectivity index (χ3n) is 6.22. The first-order valence-electron chi connectivity index (χ1n) is 12.4. The van der Waals surface area contributed by atoms with Crippen LogP contribution in [-0.2, 0) is 14.4 Å². The molecule has 39 heavy (non-hydrogen) atoms. The number of H-pyrrole nitrogens is 1. The molecule has 11 heteroatoms. The van der Waals surface area contributed by atoms with Gasteiger partial charge in [-0.3, -0.25) is 0 Å². The van der Waals surface area contributed by atoms with Crippen LogP contribution in [0.25, 0.3) is 34.0 Å². The second kappa shape index (κ2) is 10.1. The molecule has 1 atom stereocenters. The summed E-state index contributed by atoms with van der Waals surface area (Å²) in [7, 11) is -3.76. The van der Waals surface area contributed by atoms with Crippen LogP contribution in [0.2, 0.25) is 10.0 Å². The van der Waals surface area contributed by atoms with E-state index in [0.29, 0.717) is 56.6 Å². The molecule has 0 saturated carbocycles. The lowest BCUT2D eigenvalue weighted by atomic mass is 9.96. The van der Waals surface area contributed by atoms with Gasteiger partial charge < -0.3 is 9.88 Å². The van der Waals surface area contributed by atoms with Crippen molar-refractivity contribution in [1.29, 1.82) is 0 Å². The largest absolute Gasteiger partial charge is 0.336 e. The first-order valence-corrected chi connectivity index (χ1v) is 15.0. The van der Waals surface area contributed by atoms with Crippen LogP contribution in [0.3, 0.4) is 0 Å². The third-order valence-corrected chi connectivity index (χ3v) is 7.28.